The second-order valence-corrected chi connectivity index (χ2v) is 7.31. The van der Waals surface area contributed by atoms with Crippen molar-refractivity contribution in [1.82, 2.24) is 15.2 Å². The minimum atomic E-state index is -4.40. The summed E-state index contributed by atoms with van der Waals surface area (Å²) in [6.45, 7) is 1.85. The molecule has 1 atom stereocenters. The molecule has 0 unspecified atom stereocenters. The molecule has 1 N–H and O–H groups in total. The molecule has 0 aromatic carbocycles. The molecule has 26 heavy (non-hydrogen) atoms. The van der Waals surface area contributed by atoms with Crippen LogP contribution in [0.3, 0.4) is 0 Å². The molecule has 0 saturated carbocycles. The number of aromatic nitrogens is 1. The van der Waals surface area contributed by atoms with E-state index in [1.165, 1.54) is 6.07 Å². The molecule has 142 valence electrons. The van der Waals surface area contributed by atoms with Crippen LogP contribution in [0.2, 0.25) is 0 Å². The first-order valence-electron chi connectivity index (χ1n) is 8.28. The number of carbonyl (C=O) groups excluding carboxylic acids is 2. The van der Waals surface area contributed by atoms with E-state index >= 15 is 0 Å². The molecule has 2 saturated heterocycles. The molecule has 1 aromatic rings. The number of amides is 2. The maximum atomic E-state index is 12.6. The second-order valence-electron chi connectivity index (χ2n) is 6.16. The average molecular weight is 388 g/mol. The molecule has 6 nitrogen and oxygen atoms in total. The zero-order valence-electron chi connectivity index (χ0n) is 14.0. The van der Waals surface area contributed by atoms with Crippen molar-refractivity contribution in [2.75, 3.05) is 42.6 Å². The molecule has 2 amide bonds. The summed E-state index contributed by atoms with van der Waals surface area (Å²) in [6.07, 6.45) is -3.16. The fraction of sp³-hybridized carbons (Fsp3) is 0.562. The number of nitrogens with one attached hydrogen (secondary N) is 1. The number of rotatable bonds is 2. The van der Waals surface area contributed by atoms with Crippen molar-refractivity contribution in [3.05, 3.63) is 23.9 Å². The number of hydrogen-bond donors (Lipinski definition) is 1. The third-order valence-corrected chi connectivity index (χ3v) is 5.44. The predicted molar refractivity (Wildman–Crippen MR) is 91.9 cm³/mol. The first-order valence-corrected chi connectivity index (χ1v) is 9.44. The monoisotopic (exact) mass is 388 g/mol. The smallest absolute Gasteiger partial charge is 0.353 e. The number of piperazine rings is 1. The summed E-state index contributed by atoms with van der Waals surface area (Å²) in [5.74, 6) is 1.52. The molecule has 0 aliphatic carbocycles. The molecule has 3 rings (SSSR count). The number of nitrogens with zero attached hydrogens (tertiary/aromatic N) is 3. The Morgan fingerprint density at radius 3 is 2.58 bits per heavy atom. The van der Waals surface area contributed by atoms with Gasteiger partial charge in [0.25, 0.3) is 0 Å². The van der Waals surface area contributed by atoms with E-state index in [2.05, 4.69) is 10.3 Å². The van der Waals surface area contributed by atoms with Crippen LogP contribution in [-0.4, -0.2) is 65.4 Å². The Kier molecular flexibility index (Phi) is 5.59. The zero-order chi connectivity index (χ0) is 18.7. The highest BCUT2D eigenvalue weighted by Gasteiger charge is 2.32. The highest BCUT2D eigenvalue weighted by atomic mass is 32.2. The van der Waals surface area contributed by atoms with Crippen LogP contribution in [0.1, 0.15) is 12.0 Å². The van der Waals surface area contributed by atoms with Gasteiger partial charge in [-0.3, -0.25) is 9.59 Å². The van der Waals surface area contributed by atoms with Gasteiger partial charge in [-0.15, -0.1) is 0 Å². The first kappa shape index (κ1) is 18.8. The SMILES string of the molecule is O=C1CCSC[C@H](C(=O)N2CCN(c3ccc(C(F)(F)F)cn3)CC2)N1. The fourth-order valence-corrected chi connectivity index (χ4v) is 3.88. The van der Waals surface area contributed by atoms with Gasteiger partial charge in [0.15, 0.2) is 0 Å². The van der Waals surface area contributed by atoms with Gasteiger partial charge in [0.2, 0.25) is 11.8 Å². The van der Waals surface area contributed by atoms with E-state index in [-0.39, 0.29) is 11.8 Å². The third kappa shape index (κ3) is 4.40. The van der Waals surface area contributed by atoms with Crippen molar-refractivity contribution < 1.29 is 22.8 Å². The van der Waals surface area contributed by atoms with Crippen LogP contribution in [0.4, 0.5) is 19.0 Å². The van der Waals surface area contributed by atoms with Crippen LogP contribution in [0.15, 0.2) is 18.3 Å². The van der Waals surface area contributed by atoms with Crippen molar-refractivity contribution in [2.24, 2.45) is 0 Å². The molecular formula is C16H19F3N4O2S. The molecule has 10 heteroatoms. The van der Waals surface area contributed by atoms with Gasteiger partial charge in [-0.05, 0) is 12.1 Å². The van der Waals surface area contributed by atoms with E-state index in [4.69, 9.17) is 0 Å². The lowest BCUT2D eigenvalue weighted by Gasteiger charge is -2.37. The van der Waals surface area contributed by atoms with Crippen molar-refractivity contribution >= 4 is 29.4 Å². The summed E-state index contributed by atoms with van der Waals surface area (Å²) in [7, 11) is 0. The molecule has 2 fully saturated rings. The maximum Gasteiger partial charge on any atom is 0.417 e. The van der Waals surface area contributed by atoms with Gasteiger partial charge in [-0.2, -0.15) is 24.9 Å². The quantitative estimate of drug-likeness (QED) is 0.829. The van der Waals surface area contributed by atoms with Crippen molar-refractivity contribution in [2.45, 2.75) is 18.6 Å². The minimum Gasteiger partial charge on any atom is -0.353 e. The maximum absolute atomic E-state index is 12.6. The highest BCUT2D eigenvalue weighted by molar-refractivity contribution is 7.99. The zero-order valence-corrected chi connectivity index (χ0v) is 14.8. The van der Waals surface area contributed by atoms with Crippen LogP contribution >= 0.6 is 11.8 Å². The number of alkyl halides is 3. The Balaban J connectivity index is 1.57. The van der Waals surface area contributed by atoms with E-state index in [0.717, 1.165) is 12.3 Å². The standard InChI is InChI=1S/C16H19F3N4O2S/c17-16(18,19)11-1-2-13(20-9-11)22-4-6-23(7-5-22)15(25)12-10-26-8-3-14(24)21-12/h1-2,9,12H,3-8,10H2,(H,21,24)/t12-/m1/s1. The number of pyridine rings is 1. The Morgan fingerprint density at radius 2 is 1.96 bits per heavy atom. The summed E-state index contributed by atoms with van der Waals surface area (Å²) in [4.78, 5) is 31.6. The third-order valence-electron chi connectivity index (χ3n) is 4.38. The lowest BCUT2D eigenvalue weighted by Crippen LogP contribution is -2.55. The molecule has 0 bridgehead atoms. The number of hydrogen-bond acceptors (Lipinski definition) is 5. The number of anilines is 1. The first-order chi connectivity index (χ1) is 12.3. The van der Waals surface area contributed by atoms with E-state index in [0.29, 0.717) is 49.9 Å². The lowest BCUT2D eigenvalue weighted by atomic mass is 10.2. The largest absolute Gasteiger partial charge is 0.417 e. The van der Waals surface area contributed by atoms with Crippen molar-refractivity contribution in [1.29, 1.82) is 0 Å². The van der Waals surface area contributed by atoms with Crippen LogP contribution < -0.4 is 10.2 Å². The summed E-state index contributed by atoms with van der Waals surface area (Å²) in [5, 5.41) is 2.76. The summed E-state index contributed by atoms with van der Waals surface area (Å²) in [5.41, 5.74) is -0.781. The summed E-state index contributed by atoms with van der Waals surface area (Å²) in [6, 6.07) is 1.85. The van der Waals surface area contributed by atoms with Gasteiger partial charge in [-0.1, -0.05) is 0 Å². The van der Waals surface area contributed by atoms with E-state index in [1.807, 2.05) is 4.90 Å². The molecule has 2 aliphatic rings. The number of carbonyl (C=O) groups is 2. The Morgan fingerprint density at radius 1 is 1.23 bits per heavy atom. The van der Waals surface area contributed by atoms with Crippen molar-refractivity contribution in [3.8, 4) is 0 Å². The molecule has 2 aliphatic heterocycles. The van der Waals surface area contributed by atoms with E-state index < -0.39 is 17.8 Å². The second kappa shape index (κ2) is 7.73. The lowest BCUT2D eigenvalue weighted by molar-refractivity contribution is -0.138. The van der Waals surface area contributed by atoms with Gasteiger partial charge < -0.3 is 15.1 Å². The van der Waals surface area contributed by atoms with Crippen LogP contribution in [0.25, 0.3) is 0 Å². The van der Waals surface area contributed by atoms with E-state index in [9.17, 15) is 22.8 Å². The Labute approximate surface area is 153 Å². The normalized spacial score (nSPS) is 22.0. The highest BCUT2D eigenvalue weighted by Crippen LogP contribution is 2.29. The topological polar surface area (TPSA) is 65.5 Å². The minimum absolute atomic E-state index is 0.104. The number of thioether (sulfide) groups is 1. The van der Waals surface area contributed by atoms with Crippen LogP contribution in [0.5, 0.6) is 0 Å². The molecular weight excluding hydrogens is 369 g/mol. The van der Waals surface area contributed by atoms with Crippen LogP contribution in [-0.2, 0) is 15.8 Å². The number of halogens is 3. The van der Waals surface area contributed by atoms with Gasteiger partial charge >= 0.3 is 6.18 Å². The van der Waals surface area contributed by atoms with Crippen LogP contribution in [0, 0.1) is 0 Å². The van der Waals surface area contributed by atoms with E-state index in [1.54, 1.807) is 16.7 Å². The molecule has 0 spiro atoms. The summed E-state index contributed by atoms with van der Waals surface area (Å²) < 4.78 is 37.8. The van der Waals surface area contributed by atoms with Gasteiger partial charge in [0, 0.05) is 50.3 Å². The molecule has 1 aromatic heterocycles. The Hall–Kier alpha value is -1.97. The fourth-order valence-electron chi connectivity index (χ4n) is 2.92. The molecule has 0 radical (unpaired) electrons. The van der Waals surface area contributed by atoms with Gasteiger partial charge in [0.1, 0.15) is 11.9 Å². The average Bonchev–Trinajstić information content (AvgIpc) is 2.85. The van der Waals surface area contributed by atoms with Gasteiger partial charge in [0.05, 0.1) is 5.56 Å². The van der Waals surface area contributed by atoms with Crippen molar-refractivity contribution in [3.63, 3.8) is 0 Å². The molecule has 3 heterocycles. The van der Waals surface area contributed by atoms with Gasteiger partial charge in [-0.25, -0.2) is 4.98 Å². The Bertz CT molecular complexity index is 660. The predicted octanol–water partition coefficient (Wildman–Crippen LogP) is 1.37. The summed E-state index contributed by atoms with van der Waals surface area (Å²) >= 11 is 1.58.